The predicted molar refractivity (Wildman–Crippen MR) is 90.8 cm³/mol. The highest BCUT2D eigenvalue weighted by molar-refractivity contribution is 6.38. The van der Waals surface area contributed by atoms with Crippen LogP contribution in [0.5, 0.6) is 5.75 Å². The molecule has 0 aliphatic carbocycles. The quantitative estimate of drug-likeness (QED) is 0.480. The highest BCUT2D eigenvalue weighted by Crippen LogP contribution is 2.22. The number of carbonyl (C=O) groups is 1. The zero-order valence-electron chi connectivity index (χ0n) is 12.1. The van der Waals surface area contributed by atoms with Gasteiger partial charge >= 0.3 is 0 Å². The Morgan fingerprint density at radius 2 is 1.83 bits per heavy atom. The molecule has 124 valence electrons. The first-order valence-corrected chi connectivity index (χ1v) is 7.36. The van der Waals surface area contributed by atoms with Crippen LogP contribution in [0.15, 0.2) is 47.6 Å². The van der Waals surface area contributed by atoms with Gasteiger partial charge < -0.3 is 4.74 Å². The van der Waals surface area contributed by atoms with E-state index in [-0.39, 0.29) is 12.3 Å². The molecule has 0 heterocycles. The summed E-state index contributed by atoms with van der Waals surface area (Å²) < 4.78 is 5.19. The summed E-state index contributed by atoms with van der Waals surface area (Å²) in [6.45, 7) is -0.300. The smallest absolute Gasteiger partial charge is 0.277 e. The minimum absolute atomic E-state index is 0.0620. The van der Waals surface area contributed by atoms with Gasteiger partial charge in [-0.2, -0.15) is 5.10 Å². The summed E-state index contributed by atoms with van der Waals surface area (Å²) in [7, 11) is 0. The van der Waals surface area contributed by atoms with E-state index in [1.165, 1.54) is 30.5 Å². The van der Waals surface area contributed by atoms with Crippen molar-refractivity contribution in [3.05, 3.63) is 68.2 Å². The second-order valence-electron chi connectivity index (χ2n) is 4.47. The molecule has 2 aromatic rings. The van der Waals surface area contributed by atoms with Gasteiger partial charge in [-0.3, -0.25) is 14.9 Å². The van der Waals surface area contributed by atoms with E-state index in [0.717, 1.165) is 0 Å². The lowest BCUT2D eigenvalue weighted by Crippen LogP contribution is -2.24. The fraction of sp³-hybridized carbons (Fsp3) is 0.0667. The number of halogens is 2. The Hall–Kier alpha value is -2.64. The second kappa shape index (κ2) is 8.28. The van der Waals surface area contributed by atoms with E-state index >= 15 is 0 Å². The number of non-ortho nitro benzene ring substituents is 1. The summed E-state index contributed by atoms with van der Waals surface area (Å²) in [6.07, 6.45) is 1.33. The first-order chi connectivity index (χ1) is 11.5. The highest BCUT2D eigenvalue weighted by Gasteiger charge is 2.06. The second-order valence-corrected chi connectivity index (χ2v) is 5.28. The number of amides is 1. The molecule has 0 aliphatic heterocycles. The average Bonchev–Trinajstić information content (AvgIpc) is 2.56. The third-order valence-corrected chi connectivity index (χ3v) is 3.46. The Bertz CT molecular complexity index is 759. The Kier molecular flexibility index (Phi) is 6.11. The fourth-order valence-corrected chi connectivity index (χ4v) is 2.14. The van der Waals surface area contributed by atoms with E-state index < -0.39 is 10.8 Å². The molecule has 7 nitrogen and oxygen atoms in total. The number of hydrazone groups is 1. The van der Waals surface area contributed by atoms with Crippen LogP contribution in [0.3, 0.4) is 0 Å². The standard InChI is InChI=1S/C15H11Cl2N3O4/c16-13-2-1-3-14(17)12(13)8-18-19-15(21)9-24-11-6-4-10(5-7-11)20(22)23/h1-8H,9H2,(H,19,21)/b18-8-. The molecule has 0 aromatic heterocycles. The van der Waals surface area contributed by atoms with Crippen molar-refractivity contribution in [2.45, 2.75) is 0 Å². The third-order valence-electron chi connectivity index (χ3n) is 2.80. The normalized spacial score (nSPS) is 10.6. The number of carbonyl (C=O) groups excluding carboxylic acids is 1. The van der Waals surface area contributed by atoms with Crippen molar-refractivity contribution < 1.29 is 14.5 Å². The van der Waals surface area contributed by atoms with E-state index in [0.29, 0.717) is 21.4 Å². The van der Waals surface area contributed by atoms with E-state index in [1.807, 2.05) is 0 Å². The molecule has 0 radical (unpaired) electrons. The molecule has 0 bridgehead atoms. The van der Waals surface area contributed by atoms with Gasteiger partial charge in [0, 0.05) is 17.7 Å². The maximum Gasteiger partial charge on any atom is 0.277 e. The molecule has 0 saturated heterocycles. The number of hydrogen-bond donors (Lipinski definition) is 1. The molecule has 1 amide bonds. The van der Waals surface area contributed by atoms with E-state index in [1.54, 1.807) is 18.2 Å². The maximum absolute atomic E-state index is 11.6. The lowest BCUT2D eigenvalue weighted by Gasteiger charge is -2.05. The first kappa shape index (κ1) is 17.7. The predicted octanol–water partition coefficient (Wildman–Crippen LogP) is 3.43. The van der Waals surface area contributed by atoms with Gasteiger partial charge in [0.15, 0.2) is 6.61 Å². The minimum Gasteiger partial charge on any atom is -0.484 e. The largest absolute Gasteiger partial charge is 0.484 e. The van der Waals surface area contributed by atoms with Crippen LogP contribution in [0, 0.1) is 10.1 Å². The molecule has 0 unspecified atom stereocenters. The molecule has 1 N–H and O–H groups in total. The highest BCUT2D eigenvalue weighted by atomic mass is 35.5. The van der Waals surface area contributed by atoms with Crippen molar-refractivity contribution in [1.82, 2.24) is 5.43 Å². The van der Waals surface area contributed by atoms with Crippen molar-refractivity contribution in [3.63, 3.8) is 0 Å². The number of hydrogen-bond acceptors (Lipinski definition) is 5. The molecular weight excluding hydrogens is 357 g/mol. The Labute approximate surface area is 147 Å². The van der Waals surface area contributed by atoms with Crippen molar-refractivity contribution in [2.75, 3.05) is 6.61 Å². The van der Waals surface area contributed by atoms with E-state index in [4.69, 9.17) is 27.9 Å². The van der Waals surface area contributed by atoms with Gasteiger partial charge in [0.25, 0.3) is 11.6 Å². The van der Waals surface area contributed by atoms with Gasteiger partial charge in [-0.25, -0.2) is 5.43 Å². The maximum atomic E-state index is 11.6. The van der Waals surface area contributed by atoms with Crippen molar-refractivity contribution in [1.29, 1.82) is 0 Å². The van der Waals surface area contributed by atoms with E-state index in [9.17, 15) is 14.9 Å². The van der Waals surface area contributed by atoms with E-state index in [2.05, 4.69) is 10.5 Å². The topological polar surface area (TPSA) is 93.8 Å². The fourth-order valence-electron chi connectivity index (χ4n) is 1.65. The number of nitrogens with one attached hydrogen (secondary N) is 1. The summed E-state index contributed by atoms with van der Waals surface area (Å²) in [5.41, 5.74) is 2.69. The lowest BCUT2D eigenvalue weighted by molar-refractivity contribution is -0.384. The number of nitro benzene ring substituents is 1. The molecule has 2 rings (SSSR count). The summed E-state index contributed by atoms with van der Waals surface area (Å²) in [4.78, 5) is 21.6. The molecule has 0 saturated carbocycles. The Balaban J connectivity index is 1.85. The van der Waals surface area contributed by atoms with Crippen LogP contribution in [0.2, 0.25) is 10.0 Å². The van der Waals surface area contributed by atoms with Gasteiger partial charge in [-0.1, -0.05) is 29.3 Å². The number of nitrogens with zero attached hydrogens (tertiary/aromatic N) is 2. The van der Waals surface area contributed by atoms with Crippen LogP contribution in [0.4, 0.5) is 5.69 Å². The summed E-state index contributed by atoms with van der Waals surface area (Å²) in [6, 6.07) is 10.4. The summed E-state index contributed by atoms with van der Waals surface area (Å²) in [5.74, 6) is -0.179. The van der Waals surface area contributed by atoms with Gasteiger partial charge in [-0.15, -0.1) is 0 Å². The van der Waals surface area contributed by atoms with Crippen LogP contribution >= 0.6 is 23.2 Å². The zero-order chi connectivity index (χ0) is 17.5. The van der Waals surface area contributed by atoms with Gasteiger partial charge in [0.1, 0.15) is 5.75 Å². The summed E-state index contributed by atoms with van der Waals surface area (Å²) >= 11 is 11.9. The number of nitro groups is 1. The number of benzene rings is 2. The molecule has 0 aliphatic rings. The number of rotatable bonds is 6. The molecule has 2 aromatic carbocycles. The molecule has 0 spiro atoms. The van der Waals surface area contributed by atoms with Crippen molar-refractivity contribution >= 4 is 41.0 Å². The Morgan fingerprint density at radius 1 is 1.21 bits per heavy atom. The first-order valence-electron chi connectivity index (χ1n) is 6.60. The third kappa shape index (κ3) is 4.94. The minimum atomic E-state index is -0.523. The SMILES string of the molecule is O=C(COc1ccc([N+](=O)[O-])cc1)N/N=C\c1c(Cl)cccc1Cl. The zero-order valence-corrected chi connectivity index (χ0v) is 13.6. The molecule has 0 fully saturated rings. The van der Waals surface area contributed by atoms with Crippen molar-refractivity contribution in [3.8, 4) is 5.75 Å². The lowest BCUT2D eigenvalue weighted by atomic mass is 10.2. The van der Waals surface area contributed by atoms with Crippen LogP contribution in [-0.2, 0) is 4.79 Å². The number of ether oxygens (including phenoxy) is 1. The van der Waals surface area contributed by atoms with Crippen LogP contribution < -0.4 is 10.2 Å². The average molecular weight is 368 g/mol. The molecule has 9 heteroatoms. The van der Waals surface area contributed by atoms with Gasteiger partial charge in [-0.05, 0) is 24.3 Å². The van der Waals surface area contributed by atoms with Crippen LogP contribution in [0.1, 0.15) is 5.56 Å². The molecule has 0 atom stereocenters. The summed E-state index contributed by atoms with van der Waals surface area (Å²) in [5, 5.41) is 15.1. The van der Waals surface area contributed by atoms with Crippen LogP contribution in [-0.4, -0.2) is 23.7 Å². The monoisotopic (exact) mass is 367 g/mol. The van der Waals surface area contributed by atoms with Crippen molar-refractivity contribution in [2.24, 2.45) is 5.10 Å². The van der Waals surface area contributed by atoms with Crippen LogP contribution in [0.25, 0.3) is 0 Å². The van der Waals surface area contributed by atoms with Gasteiger partial charge in [0.2, 0.25) is 0 Å². The molecule has 24 heavy (non-hydrogen) atoms. The van der Waals surface area contributed by atoms with Gasteiger partial charge in [0.05, 0.1) is 21.2 Å². The Morgan fingerprint density at radius 3 is 2.42 bits per heavy atom. The molecular formula is C15H11Cl2N3O4.